The molecule has 2 heteroatoms. The van der Waals surface area contributed by atoms with Crippen LogP contribution < -0.4 is 0 Å². The van der Waals surface area contributed by atoms with E-state index in [0.717, 1.165) is 0 Å². The molecular weight excluding hydrogens is 226 g/mol. The Bertz CT molecular complexity index is 95.6. The molecule has 0 saturated carbocycles. The zero-order valence-corrected chi connectivity index (χ0v) is 9.57. The summed E-state index contributed by atoms with van der Waals surface area (Å²) in [5.74, 6) is 0. The fourth-order valence-corrected chi connectivity index (χ4v) is 6.07. The van der Waals surface area contributed by atoms with Gasteiger partial charge in [-0.3, -0.25) is 0 Å². The standard InChI is InChI=1S/C4H7.2CH3.ClH.Sn/c1-4(2)3;;;;/h1H,2-3H3;2*1H3;1H;/q;;;;+1/p-1. The van der Waals surface area contributed by atoms with Crippen molar-refractivity contribution in [3.05, 3.63) is 9.67 Å². The normalized spacial score (nSPS) is 11.1. The molecule has 0 bridgehead atoms. The van der Waals surface area contributed by atoms with Gasteiger partial charge in [-0.25, -0.2) is 0 Å². The number of hydrogen-bond donors (Lipinski definition) is 0. The van der Waals surface area contributed by atoms with Crippen LogP contribution in [0.25, 0.3) is 0 Å². The second-order valence-corrected chi connectivity index (χ2v) is 19.1. The van der Waals surface area contributed by atoms with Gasteiger partial charge in [0.05, 0.1) is 0 Å². The summed E-state index contributed by atoms with van der Waals surface area (Å²) < 4.78 is 2.25. The van der Waals surface area contributed by atoms with Crippen molar-refractivity contribution in [2.75, 3.05) is 0 Å². The Kier molecular flexibility index (Phi) is 3.44. The monoisotopic (exact) mass is 240 g/mol. The Morgan fingerprint density at radius 1 is 1.38 bits per heavy atom. The summed E-state index contributed by atoms with van der Waals surface area (Å²) >= 11 is -2.05. The zero-order valence-electron chi connectivity index (χ0n) is 5.96. The van der Waals surface area contributed by atoms with Crippen LogP contribution in [0.2, 0.25) is 9.88 Å². The van der Waals surface area contributed by atoms with E-state index in [1.165, 1.54) is 5.57 Å². The van der Waals surface area contributed by atoms with Crippen LogP contribution in [0.4, 0.5) is 0 Å². The Morgan fingerprint density at radius 2 is 1.75 bits per heavy atom. The minimum atomic E-state index is -2.05. The molecule has 0 aromatic carbocycles. The third-order valence-corrected chi connectivity index (χ3v) is 4.97. The van der Waals surface area contributed by atoms with Gasteiger partial charge in [0.25, 0.3) is 0 Å². The van der Waals surface area contributed by atoms with Gasteiger partial charge in [0, 0.05) is 0 Å². The summed E-state index contributed by atoms with van der Waals surface area (Å²) in [6.07, 6.45) is 0. The minimum absolute atomic E-state index is 1.36. The Hall–Kier alpha value is 0.829. The average Bonchev–Trinajstić information content (AvgIpc) is 1.21. The molecule has 0 rings (SSSR count). The van der Waals surface area contributed by atoms with E-state index in [2.05, 4.69) is 27.8 Å². The number of allylic oxidation sites excluding steroid dienone is 1. The van der Waals surface area contributed by atoms with E-state index in [-0.39, 0.29) is 0 Å². The molecule has 0 spiro atoms. The Labute approximate surface area is 59.5 Å². The fourth-order valence-electron chi connectivity index (χ4n) is 0.686. The van der Waals surface area contributed by atoms with Crippen molar-refractivity contribution in [2.24, 2.45) is 0 Å². The molecule has 8 heavy (non-hydrogen) atoms. The molecule has 0 unspecified atom stereocenters. The third-order valence-electron chi connectivity index (χ3n) is 0.632. The molecular formula is C6H13ClSn. The van der Waals surface area contributed by atoms with E-state index < -0.39 is 17.3 Å². The number of hydrogen-bond acceptors (Lipinski definition) is 0. The summed E-state index contributed by atoms with van der Waals surface area (Å²) in [6, 6.07) is 0. The first-order chi connectivity index (χ1) is 3.42. The van der Waals surface area contributed by atoms with Gasteiger partial charge in [-0.05, 0) is 0 Å². The molecule has 0 aliphatic heterocycles. The van der Waals surface area contributed by atoms with Gasteiger partial charge in [0.15, 0.2) is 0 Å². The molecule has 0 aromatic rings. The number of halogens is 1. The third kappa shape index (κ3) is 6.83. The van der Waals surface area contributed by atoms with Crippen LogP contribution >= 0.6 is 8.92 Å². The zero-order chi connectivity index (χ0) is 6.78. The molecule has 0 fully saturated rings. The first-order valence-corrected chi connectivity index (χ1v) is 13.7. The van der Waals surface area contributed by atoms with Gasteiger partial charge in [0.1, 0.15) is 0 Å². The van der Waals surface area contributed by atoms with E-state index in [0.29, 0.717) is 0 Å². The molecule has 0 amide bonds. The molecule has 0 nitrogen and oxygen atoms in total. The molecule has 48 valence electrons. The maximum atomic E-state index is 6.06. The molecule has 0 aliphatic carbocycles. The van der Waals surface area contributed by atoms with E-state index in [1.54, 1.807) is 0 Å². The second kappa shape index (κ2) is 3.11. The first-order valence-electron chi connectivity index (χ1n) is 2.77. The summed E-state index contributed by atoms with van der Waals surface area (Å²) in [6.45, 7) is 4.20. The van der Waals surface area contributed by atoms with Gasteiger partial charge in [-0.2, -0.15) is 0 Å². The summed E-state index contributed by atoms with van der Waals surface area (Å²) in [5, 5.41) is 0. The van der Waals surface area contributed by atoms with Gasteiger partial charge in [-0.1, -0.05) is 0 Å². The van der Waals surface area contributed by atoms with Gasteiger partial charge >= 0.3 is 59.6 Å². The maximum absolute atomic E-state index is 6.06. The van der Waals surface area contributed by atoms with E-state index in [9.17, 15) is 0 Å². The molecule has 0 N–H and O–H groups in total. The molecule has 0 saturated heterocycles. The van der Waals surface area contributed by atoms with Crippen LogP contribution in [0.1, 0.15) is 13.8 Å². The molecule has 0 aromatic heterocycles. The van der Waals surface area contributed by atoms with Gasteiger partial charge in [0.2, 0.25) is 0 Å². The average molecular weight is 239 g/mol. The van der Waals surface area contributed by atoms with Crippen molar-refractivity contribution in [2.45, 2.75) is 23.7 Å². The Morgan fingerprint density at radius 3 is 1.75 bits per heavy atom. The topological polar surface area (TPSA) is 0 Å². The molecule has 0 heterocycles. The van der Waals surface area contributed by atoms with Crippen LogP contribution in [0.3, 0.4) is 0 Å². The first kappa shape index (κ1) is 8.83. The quantitative estimate of drug-likeness (QED) is 0.617. The molecule has 0 aliphatic rings. The van der Waals surface area contributed by atoms with E-state index in [4.69, 9.17) is 8.92 Å². The second-order valence-electron chi connectivity index (χ2n) is 2.79. The van der Waals surface area contributed by atoms with E-state index >= 15 is 0 Å². The van der Waals surface area contributed by atoms with Crippen LogP contribution in [0.15, 0.2) is 9.67 Å². The van der Waals surface area contributed by atoms with Gasteiger partial charge in [-0.15, -0.1) is 0 Å². The van der Waals surface area contributed by atoms with Crippen molar-refractivity contribution in [3.63, 3.8) is 0 Å². The van der Waals surface area contributed by atoms with Crippen LogP contribution in [-0.4, -0.2) is 17.3 Å². The van der Waals surface area contributed by atoms with Crippen molar-refractivity contribution in [1.29, 1.82) is 0 Å². The van der Waals surface area contributed by atoms with Crippen molar-refractivity contribution >= 4 is 26.2 Å². The van der Waals surface area contributed by atoms with Crippen LogP contribution in [0.5, 0.6) is 0 Å². The summed E-state index contributed by atoms with van der Waals surface area (Å²) in [7, 11) is 6.06. The van der Waals surface area contributed by atoms with Crippen molar-refractivity contribution in [1.82, 2.24) is 0 Å². The van der Waals surface area contributed by atoms with Crippen molar-refractivity contribution in [3.8, 4) is 0 Å². The van der Waals surface area contributed by atoms with E-state index in [1.807, 2.05) is 0 Å². The predicted molar refractivity (Wildman–Crippen MR) is 42.8 cm³/mol. The predicted octanol–water partition coefficient (Wildman–Crippen LogP) is 2.94. The van der Waals surface area contributed by atoms with Crippen LogP contribution in [-0.2, 0) is 0 Å². The summed E-state index contributed by atoms with van der Waals surface area (Å²) in [5.41, 5.74) is 1.36. The summed E-state index contributed by atoms with van der Waals surface area (Å²) in [4.78, 5) is 4.37. The molecule has 0 atom stereocenters. The van der Waals surface area contributed by atoms with Gasteiger partial charge < -0.3 is 0 Å². The van der Waals surface area contributed by atoms with Crippen LogP contribution in [0, 0.1) is 0 Å². The fraction of sp³-hybridized carbons (Fsp3) is 0.667. The SMILES string of the molecule is CC(C)=[CH][Sn]([CH3])([CH3])[Cl]. The number of rotatable bonds is 1. The molecule has 0 radical (unpaired) electrons. The Balaban J connectivity index is 3.89. The van der Waals surface area contributed by atoms with Crippen molar-refractivity contribution < 1.29 is 0 Å².